The minimum Gasteiger partial charge on any atom is -0.494 e. The molecule has 4 heteroatoms. The smallest absolute Gasteiger partial charge is 0.123 e. The third-order valence-electron chi connectivity index (χ3n) is 2.91. The van der Waals surface area contributed by atoms with E-state index >= 15 is 0 Å². The molecular formula is C16H15Br3O. The highest BCUT2D eigenvalue weighted by molar-refractivity contribution is 9.10. The largest absolute Gasteiger partial charge is 0.494 e. The molecule has 106 valence electrons. The molecule has 0 saturated heterocycles. The second kappa shape index (κ2) is 7.62. The molecule has 0 bridgehead atoms. The molecule has 0 aliphatic heterocycles. The van der Waals surface area contributed by atoms with Crippen LogP contribution < -0.4 is 4.74 Å². The molecule has 2 aromatic rings. The summed E-state index contributed by atoms with van der Waals surface area (Å²) < 4.78 is 7.88. The number of halogens is 3. The molecule has 2 aromatic carbocycles. The Morgan fingerprint density at radius 3 is 2.50 bits per heavy atom. The summed E-state index contributed by atoms with van der Waals surface area (Å²) in [6.45, 7) is 2.68. The van der Waals surface area contributed by atoms with Gasteiger partial charge < -0.3 is 4.74 Å². The van der Waals surface area contributed by atoms with E-state index in [4.69, 9.17) is 4.74 Å². The van der Waals surface area contributed by atoms with Gasteiger partial charge in [0.05, 0.1) is 6.61 Å². The van der Waals surface area contributed by atoms with Gasteiger partial charge in [-0.25, -0.2) is 0 Å². The molecule has 0 aromatic heterocycles. The number of hydrogen-bond donors (Lipinski definition) is 0. The summed E-state index contributed by atoms with van der Waals surface area (Å²) in [5.41, 5.74) is 2.45. The number of benzene rings is 2. The van der Waals surface area contributed by atoms with Crippen LogP contribution in [0.3, 0.4) is 0 Å². The van der Waals surface area contributed by atoms with E-state index in [0.717, 1.165) is 21.1 Å². The molecule has 0 amide bonds. The lowest BCUT2D eigenvalue weighted by molar-refractivity contribution is 0.336. The maximum atomic E-state index is 5.71. The summed E-state index contributed by atoms with van der Waals surface area (Å²) in [4.78, 5) is 0.218. The SMILES string of the molecule is CCOc1ccc(Br)cc1C(Br)Cc1cccc(Br)c1. The third kappa shape index (κ3) is 4.34. The van der Waals surface area contributed by atoms with Crippen molar-refractivity contribution in [2.45, 2.75) is 18.2 Å². The molecule has 20 heavy (non-hydrogen) atoms. The van der Waals surface area contributed by atoms with Crippen LogP contribution in [0.1, 0.15) is 22.9 Å². The van der Waals surface area contributed by atoms with Crippen LogP contribution in [-0.2, 0) is 6.42 Å². The van der Waals surface area contributed by atoms with Crippen LogP contribution in [0.4, 0.5) is 0 Å². The summed E-state index contributed by atoms with van der Waals surface area (Å²) in [5, 5.41) is 0. The van der Waals surface area contributed by atoms with Gasteiger partial charge in [0.2, 0.25) is 0 Å². The average Bonchev–Trinajstić information content (AvgIpc) is 2.41. The molecule has 0 spiro atoms. The van der Waals surface area contributed by atoms with Crippen molar-refractivity contribution in [3.63, 3.8) is 0 Å². The minimum atomic E-state index is 0.218. The van der Waals surface area contributed by atoms with Gasteiger partial charge in [0.25, 0.3) is 0 Å². The number of ether oxygens (including phenoxy) is 1. The Bertz CT molecular complexity index is 584. The van der Waals surface area contributed by atoms with Crippen molar-refractivity contribution in [1.29, 1.82) is 0 Å². The first-order chi connectivity index (χ1) is 9.60. The minimum absolute atomic E-state index is 0.218. The van der Waals surface area contributed by atoms with Gasteiger partial charge in [0.15, 0.2) is 0 Å². The Morgan fingerprint density at radius 2 is 1.80 bits per heavy atom. The molecule has 2 rings (SSSR count). The molecule has 1 unspecified atom stereocenters. The highest BCUT2D eigenvalue weighted by Gasteiger charge is 2.14. The van der Waals surface area contributed by atoms with Gasteiger partial charge in [-0.15, -0.1) is 0 Å². The van der Waals surface area contributed by atoms with E-state index in [1.807, 2.05) is 25.1 Å². The van der Waals surface area contributed by atoms with E-state index in [2.05, 4.69) is 72.1 Å². The summed E-state index contributed by atoms with van der Waals surface area (Å²) in [6, 6.07) is 14.5. The first-order valence-electron chi connectivity index (χ1n) is 6.41. The molecule has 0 N–H and O–H groups in total. The predicted molar refractivity (Wildman–Crippen MR) is 94.8 cm³/mol. The molecule has 0 aliphatic rings. The van der Waals surface area contributed by atoms with E-state index < -0.39 is 0 Å². The monoisotopic (exact) mass is 460 g/mol. The normalized spacial score (nSPS) is 12.2. The molecule has 1 nitrogen and oxygen atoms in total. The van der Waals surface area contributed by atoms with Gasteiger partial charge >= 0.3 is 0 Å². The Morgan fingerprint density at radius 1 is 1.05 bits per heavy atom. The second-order valence-electron chi connectivity index (χ2n) is 4.42. The van der Waals surface area contributed by atoms with E-state index in [1.54, 1.807) is 0 Å². The van der Waals surface area contributed by atoms with Crippen molar-refractivity contribution in [2.75, 3.05) is 6.61 Å². The first kappa shape index (κ1) is 16.1. The topological polar surface area (TPSA) is 9.23 Å². The maximum absolute atomic E-state index is 5.71. The van der Waals surface area contributed by atoms with Gasteiger partial charge in [0.1, 0.15) is 5.75 Å². The van der Waals surface area contributed by atoms with E-state index in [1.165, 1.54) is 11.1 Å². The van der Waals surface area contributed by atoms with Crippen LogP contribution in [0.15, 0.2) is 51.4 Å². The fourth-order valence-electron chi connectivity index (χ4n) is 2.03. The van der Waals surface area contributed by atoms with E-state index in [9.17, 15) is 0 Å². The quantitative estimate of drug-likeness (QED) is 0.474. The van der Waals surface area contributed by atoms with Crippen molar-refractivity contribution in [2.24, 2.45) is 0 Å². The summed E-state index contributed by atoms with van der Waals surface area (Å²) >= 11 is 10.8. The zero-order valence-corrected chi connectivity index (χ0v) is 15.8. The summed E-state index contributed by atoms with van der Waals surface area (Å²) in [5.74, 6) is 0.938. The molecular weight excluding hydrogens is 448 g/mol. The molecule has 0 saturated carbocycles. The van der Waals surface area contributed by atoms with Gasteiger partial charge in [-0.2, -0.15) is 0 Å². The standard InChI is InChI=1S/C16H15Br3O/c1-2-20-16-7-6-13(18)10-14(16)15(19)9-11-4-3-5-12(17)8-11/h3-8,10,15H,2,9H2,1H3. The second-order valence-corrected chi connectivity index (χ2v) is 7.35. The fraction of sp³-hybridized carbons (Fsp3) is 0.250. The van der Waals surface area contributed by atoms with Crippen LogP contribution in [0.25, 0.3) is 0 Å². The highest BCUT2D eigenvalue weighted by atomic mass is 79.9. The average molecular weight is 463 g/mol. The maximum Gasteiger partial charge on any atom is 0.123 e. The molecule has 0 aliphatic carbocycles. The molecule has 0 fully saturated rings. The van der Waals surface area contributed by atoms with Gasteiger partial charge in [0, 0.05) is 19.3 Å². The van der Waals surface area contributed by atoms with Crippen LogP contribution in [0.5, 0.6) is 5.75 Å². The van der Waals surface area contributed by atoms with E-state index in [0.29, 0.717) is 6.61 Å². The summed E-state index contributed by atoms with van der Waals surface area (Å²) in [7, 11) is 0. The lowest BCUT2D eigenvalue weighted by atomic mass is 10.0. The zero-order chi connectivity index (χ0) is 14.5. The molecule has 1 atom stereocenters. The molecule has 0 heterocycles. The highest BCUT2D eigenvalue weighted by Crippen LogP contribution is 2.36. The lowest BCUT2D eigenvalue weighted by Gasteiger charge is -2.16. The summed E-state index contributed by atoms with van der Waals surface area (Å²) in [6.07, 6.45) is 0.913. The van der Waals surface area contributed by atoms with Crippen molar-refractivity contribution in [3.05, 3.63) is 62.5 Å². The number of hydrogen-bond acceptors (Lipinski definition) is 1. The first-order valence-corrected chi connectivity index (χ1v) is 8.91. The van der Waals surface area contributed by atoms with Crippen LogP contribution in [0.2, 0.25) is 0 Å². The van der Waals surface area contributed by atoms with E-state index in [-0.39, 0.29) is 4.83 Å². The zero-order valence-electron chi connectivity index (χ0n) is 11.1. The Hall–Kier alpha value is -0.320. The van der Waals surface area contributed by atoms with Gasteiger partial charge in [-0.1, -0.05) is 59.9 Å². The van der Waals surface area contributed by atoms with Crippen LogP contribution >= 0.6 is 47.8 Å². The van der Waals surface area contributed by atoms with Gasteiger partial charge in [-0.05, 0) is 49.2 Å². The van der Waals surface area contributed by atoms with Crippen molar-refractivity contribution >= 4 is 47.8 Å². The third-order valence-corrected chi connectivity index (χ3v) is 4.72. The van der Waals surface area contributed by atoms with Crippen molar-refractivity contribution in [1.82, 2.24) is 0 Å². The van der Waals surface area contributed by atoms with Crippen molar-refractivity contribution in [3.8, 4) is 5.75 Å². The van der Waals surface area contributed by atoms with Crippen LogP contribution in [0, 0.1) is 0 Å². The predicted octanol–water partition coefficient (Wildman–Crippen LogP) is 6.29. The van der Waals surface area contributed by atoms with Crippen LogP contribution in [-0.4, -0.2) is 6.61 Å². The number of rotatable bonds is 5. The lowest BCUT2D eigenvalue weighted by Crippen LogP contribution is -2.01. The fourth-order valence-corrected chi connectivity index (χ4v) is 3.59. The molecule has 0 radical (unpaired) electrons. The number of alkyl halides is 1. The Labute approximate surface area is 145 Å². The van der Waals surface area contributed by atoms with Crippen molar-refractivity contribution < 1.29 is 4.74 Å². The van der Waals surface area contributed by atoms with Gasteiger partial charge in [-0.3, -0.25) is 0 Å². The Kier molecular flexibility index (Phi) is 6.12. The Balaban J connectivity index is 2.23.